The van der Waals surface area contributed by atoms with Crippen molar-refractivity contribution in [2.24, 2.45) is 5.92 Å². The van der Waals surface area contributed by atoms with Crippen LogP contribution in [0.15, 0.2) is 12.4 Å². The average molecular weight is 265 g/mol. The zero-order valence-corrected chi connectivity index (χ0v) is 11.1. The van der Waals surface area contributed by atoms with Crippen LogP contribution >= 0.6 is 0 Å². The highest BCUT2D eigenvalue weighted by Crippen LogP contribution is 2.24. The van der Waals surface area contributed by atoms with Crippen LogP contribution in [0.4, 0.5) is 5.69 Å². The molecular weight excluding hydrogens is 246 g/mol. The van der Waals surface area contributed by atoms with Crippen molar-refractivity contribution in [3.63, 3.8) is 0 Å². The van der Waals surface area contributed by atoms with E-state index in [1.165, 1.54) is 18.2 Å². The molecule has 1 aliphatic carbocycles. The molecule has 0 unspecified atom stereocenters. The quantitative estimate of drug-likeness (QED) is 0.839. The fourth-order valence-electron chi connectivity index (χ4n) is 2.32. The fourth-order valence-corrected chi connectivity index (χ4v) is 2.32. The third-order valence-electron chi connectivity index (χ3n) is 3.40. The molecule has 1 aromatic rings. The average Bonchev–Trinajstić information content (AvgIpc) is 2.86. The number of ether oxygens (including phenoxy) is 1. The van der Waals surface area contributed by atoms with E-state index >= 15 is 0 Å². The van der Waals surface area contributed by atoms with Crippen LogP contribution in [0.1, 0.15) is 32.1 Å². The van der Waals surface area contributed by atoms with Crippen molar-refractivity contribution < 1.29 is 14.3 Å². The predicted octanol–water partition coefficient (Wildman–Crippen LogP) is 1.57. The molecule has 6 nitrogen and oxygen atoms in total. The lowest BCUT2D eigenvalue weighted by atomic mass is 9.89. The molecule has 1 amide bonds. The first-order valence-corrected chi connectivity index (χ1v) is 6.59. The van der Waals surface area contributed by atoms with Gasteiger partial charge in [0.05, 0.1) is 19.0 Å². The number of carbonyl (C=O) groups excluding carboxylic acids is 2. The monoisotopic (exact) mass is 265 g/mol. The van der Waals surface area contributed by atoms with Gasteiger partial charge in [-0.3, -0.25) is 14.3 Å². The smallest absolute Gasteiger partial charge is 0.327 e. The van der Waals surface area contributed by atoms with Crippen molar-refractivity contribution >= 4 is 17.6 Å². The summed E-state index contributed by atoms with van der Waals surface area (Å²) in [6.07, 6.45) is 8.58. The lowest BCUT2D eigenvalue weighted by Crippen LogP contribution is -2.24. The van der Waals surface area contributed by atoms with E-state index in [0.717, 1.165) is 25.7 Å². The predicted molar refractivity (Wildman–Crippen MR) is 69.4 cm³/mol. The highest BCUT2D eigenvalue weighted by Gasteiger charge is 2.21. The number of aromatic nitrogens is 2. The van der Waals surface area contributed by atoms with Crippen LogP contribution in [0.3, 0.4) is 0 Å². The molecule has 0 aliphatic heterocycles. The number of rotatable bonds is 4. The summed E-state index contributed by atoms with van der Waals surface area (Å²) in [5.74, 6) is -0.205. The minimum Gasteiger partial charge on any atom is -0.468 e. The Morgan fingerprint density at radius 3 is 2.84 bits per heavy atom. The number of hydrogen-bond acceptors (Lipinski definition) is 4. The largest absolute Gasteiger partial charge is 0.468 e. The number of esters is 1. The summed E-state index contributed by atoms with van der Waals surface area (Å²) in [7, 11) is 1.33. The molecule has 104 valence electrons. The van der Waals surface area contributed by atoms with Crippen molar-refractivity contribution in [1.82, 2.24) is 9.78 Å². The molecule has 0 radical (unpaired) electrons. The lowest BCUT2D eigenvalue weighted by molar-refractivity contribution is -0.141. The van der Waals surface area contributed by atoms with Crippen LogP contribution in [-0.2, 0) is 20.9 Å². The molecule has 2 rings (SSSR count). The molecule has 19 heavy (non-hydrogen) atoms. The van der Waals surface area contributed by atoms with Crippen molar-refractivity contribution in [3.8, 4) is 0 Å². The van der Waals surface area contributed by atoms with E-state index in [9.17, 15) is 9.59 Å². The van der Waals surface area contributed by atoms with Crippen LogP contribution in [0.25, 0.3) is 0 Å². The van der Waals surface area contributed by atoms with Crippen LogP contribution in [0.5, 0.6) is 0 Å². The Hall–Kier alpha value is -1.85. The van der Waals surface area contributed by atoms with E-state index in [1.54, 1.807) is 12.4 Å². The van der Waals surface area contributed by atoms with Gasteiger partial charge >= 0.3 is 5.97 Å². The van der Waals surface area contributed by atoms with Crippen LogP contribution < -0.4 is 5.32 Å². The van der Waals surface area contributed by atoms with Crippen LogP contribution in [-0.4, -0.2) is 28.8 Å². The summed E-state index contributed by atoms with van der Waals surface area (Å²) in [4.78, 5) is 23.1. The van der Waals surface area contributed by atoms with Gasteiger partial charge in [-0.2, -0.15) is 5.10 Å². The van der Waals surface area contributed by atoms with Crippen molar-refractivity contribution in [1.29, 1.82) is 0 Å². The standard InChI is InChI=1S/C13H19N3O3/c1-19-12(17)9-16-8-11(7-14-16)15-13(18)10-5-3-2-4-6-10/h7-8,10H,2-6,9H2,1H3,(H,15,18). The number of hydrogen-bond donors (Lipinski definition) is 1. The van der Waals surface area contributed by atoms with Crippen LogP contribution in [0, 0.1) is 5.92 Å². The summed E-state index contributed by atoms with van der Waals surface area (Å²) < 4.78 is 6.00. The van der Waals surface area contributed by atoms with Gasteiger partial charge in [0.1, 0.15) is 6.54 Å². The minimum absolute atomic E-state index is 0.0514. The number of nitrogens with one attached hydrogen (secondary N) is 1. The van der Waals surface area contributed by atoms with Gasteiger partial charge in [-0.15, -0.1) is 0 Å². The SMILES string of the molecule is COC(=O)Cn1cc(NC(=O)C2CCCCC2)cn1. The lowest BCUT2D eigenvalue weighted by Gasteiger charge is -2.20. The Morgan fingerprint density at radius 1 is 1.42 bits per heavy atom. The second-order valence-electron chi connectivity index (χ2n) is 4.83. The molecule has 1 fully saturated rings. The van der Waals surface area contributed by atoms with E-state index in [0.29, 0.717) is 5.69 Å². The summed E-state index contributed by atoms with van der Waals surface area (Å²) in [6, 6.07) is 0. The number of nitrogens with zero attached hydrogens (tertiary/aromatic N) is 2. The van der Waals surface area contributed by atoms with E-state index in [-0.39, 0.29) is 24.3 Å². The van der Waals surface area contributed by atoms with Gasteiger partial charge in [0.15, 0.2) is 0 Å². The highest BCUT2D eigenvalue weighted by molar-refractivity contribution is 5.92. The van der Waals surface area contributed by atoms with Crippen molar-refractivity contribution in [2.75, 3.05) is 12.4 Å². The van der Waals surface area contributed by atoms with Gasteiger partial charge in [-0.25, -0.2) is 0 Å². The highest BCUT2D eigenvalue weighted by atomic mass is 16.5. The molecule has 0 atom stereocenters. The maximum atomic E-state index is 12.0. The summed E-state index contributed by atoms with van der Waals surface area (Å²) in [5.41, 5.74) is 0.625. The van der Waals surface area contributed by atoms with Gasteiger partial charge in [0, 0.05) is 12.1 Å². The number of carbonyl (C=O) groups is 2. The van der Waals surface area contributed by atoms with Gasteiger partial charge in [0.2, 0.25) is 5.91 Å². The molecular formula is C13H19N3O3. The first-order chi connectivity index (χ1) is 9.19. The molecule has 0 aromatic carbocycles. The first kappa shape index (κ1) is 13.6. The van der Waals surface area contributed by atoms with Gasteiger partial charge in [-0.1, -0.05) is 19.3 Å². The fraction of sp³-hybridized carbons (Fsp3) is 0.615. The summed E-state index contributed by atoms with van der Waals surface area (Å²) in [6.45, 7) is 0.0514. The Bertz CT molecular complexity index is 450. The van der Waals surface area contributed by atoms with E-state index < -0.39 is 0 Å². The van der Waals surface area contributed by atoms with Gasteiger partial charge in [0.25, 0.3) is 0 Å². The molecule has 6 heteroatoms. The third kappa shape index (κ3) is 3.81. The van der Waals surface area contributed by atoms with Gasteiger partial charge in [-0.05, 0) is 12.8 Å². The van der Waals surface area contributed by atoms with E-state index in [4.69, 9.17) is 0 Å². The second-order valence-corrected chi connectivity index (χ2v) is 4.83. The van der Waals surface area contributed by atoms with Gasteiger partial charge < -0.3 is 10.1 Å². The molecule has 1 saturated carbocycles. The Morgan fingerprint density at radius 2 is 2.16 bits per heavy atom. The van der Waals surface area contributed by atoms with E-state index in [2.05, 4.69) is 15.2 Å². The summed E-state index contributed by atoms with van der Waals surface area (Å²) >= 11 is 0. The molecule has 0 spiro atoms. The number of methoxy groups -OCH3 is 1. The molecule has 1 heterocycles. The number of amides is 1. The minimum atomic E-state index is -0.367. The topological polar surface area (TPSA) is 73.2 Å². The van der Waals surface area contributed by atoms with E-state index in [1.807, 2.05) is 0 Å². The first-order valence-electron chi connectivity index (χ1n) is 6.59. The summed E-state index contributed by atoms with van der Waals surface area (Å²) in [5, 5.41) is 6.85. The molecule has 1 aliphatic rings. The zero-order chi connectivity index (χ0) is 13.7. The zero-order valence-electron chi connectivity index (χ0n) is 11.1. The van der Waals surface area contributed by atoms with Crippen molar-refractivity contribution in [3.05, 3.63) is 12.4 Å². The maximum absolute atomic E-state index is 12.0. The molecule has 0 saturated heterocycles. The van der Waals surface area contributed by atoms with Crippen molar-refractivity contribution in [2.45, 2.75) is 38.6 Å². The Labute approximate surface area is 112 Å². The van der Waals surface area contributed by atoms with Crippen LogP contribution in [0.2, 0.25) is 0 Å². The number of anilines is 1. The molecule has 0 bridgehead atoms. The second kappa shape index (κ2) is 6.36. The molecule has 1 aromatic heterocycles. The maximum Gasteiger partial charge on any atom is 0.327 e. The normalized spacial score (nSPS) is 16.1. The third-order valence-corrected chi connectivity index (χ3v) is 3.40. The molecule has 1 N–H and O–H groups in total. The Balaban J connectivity index is 1.88. The Kier molecular flexibility index (Phi) is 4.54.